The molecule has 6 nitrogen and oxygen atoms in total. The van der Waals surface area contributed by atoms with Gasteiger partial charge < -0.3 is 16.0 Å². The summed E-state index contributed by atoms with van der Waals surface area (Å²) in [5.74, 6) is 1.55. The molecule has 0 aliphatic carbocycles. The average molecular weight is 291 g/mol. The number of nitrogens with one attached hydrogen (secondary N) is 1. The molecule has 1 amide bonds. The highest BCUT2D eigenvalue weighted by Gasteiger charge is 2.19. The number of anilines is 2. The third-order valence-electron chi connectivity index (χ3n) is 3.54. The Hall–Kier alpha value is -1.82. The van der Waals surface area contributed by atoms with E-state index in [1.54, 1.807) is 6.20 Å². The number of hydrogen-bond acceptors (Lipinski definition) is 5. The Bertz CT molecular complexity index is 452. The van der Waals surface area contributed by atoms with Crippen molar-refractivity contribution >= 4 is 17.4 Å². The number of amides is 1. The number of aromatic nitrogens is 1. The van der Waals surface area contributed by atoms with Gasteiger partial charge in [-0.15, -0.1) is 0 Å². The van der Waals surface area contributed by atoms with Gasteiger partial charge in [0.1, 0.15) is 5.82 Å². The Morgan fingerprint density at radius 3 is 2.62 bits per heavy atom. The summed E-state index contributed by atoms with van der Waals surface area (Å²) >= 11 is 0. The summed E-state index contributed by atoms with van der Waals surface area (Å²) in [5.41, 5.74) is 6.33. The molecule has 0 atom stereocenters. The Balaban J connectivity index is 1.75. The molecule has 2 heterocycles. The summed E-state index contributed by atoms with van der Waals surface area (Å²) in [6.07, 6.45) is 1.68. The van der Waals surface area contributed by atoms with Crippen LogP contribution in [0, 0.1) is 5.92 Å². The molecule has 6 heteroatoms. The summed E-state index contributed by atoms with van der Waals surface area (Å²) < 4.78 is 0. The zero-order valence-electron chi connectivity index (χ0n) is 12.9. The topological polar surface area (TPSA) is 74.5 Å². The van der Waals surface area contributed by atoms with E-state index < -0.39 is 0 Å². The van der Waals surface area contributed by atoms with Crippen LogP contribution in [0.1, 0.15) is 13.8 Å². The lowest BCUT2D eigenvalue weighted by molar-refractivity contribution is -0.122. The predicted molar refractivity (Wildman–Crippen MR) is 85.2 cm³/mol. The smallest absolute Gasteiger partial charge is 0.234 e. The van der Waals surface area contributed by atoms with Crippen molar-refractivity contribution in [1.82, 2.24) is 15.2 Å². The van der Waals surface area contributed by atoms with Crippen molar-refractivity contribution in [1.29, 1.82) is 0 Å². The van der Waals surface area contributed by atoms with Crippen molar-refractivity contribution in [3.8, 4) is 0 Å². The standard InChI is InChI=1S/C15H25N5O/c1-12(2)9-18-15(21)11-19-5-7-20(8-6-19)14-4-3-13(16)10-17-14/h3-4,10,12H,5-9,11,16H2,1-2H3,(H,18,21). The van der Waals surface area contributed by atoms with E-state index in [-0.39, 0.29) is 5.91 Å². The van der Waals surface area contributed by atoms with E-state index >= 15 is 0 Å². The molecule has 1 aromatic heterocycles. The van der Waals surface area contributed by atoms with Crippen molar-refractivity contribution in [2.75, 3.05) is 49.9 Å². The number of hydrogen-bond donors (Lipinski definition) is 2. The van der Waals surface area contributed by atoms with Crippen LogP contribution in [0.2, 0.25) is 0 Å². The summed E-state index contributed by atoms with van der Waals surface area (Å²) in [5, 5.41) is 2.96. The molecule has 1 aromatic rings. The SMILES string of the molecule is CC(C)CNC(=O)CN1CCN(c2ccc(N)cn2)CC1. The van der Waals surface area contributed by atoms with Gasteiger partial charge in [-0.05, 0) is 18.1 Å². The van der Waals surface area contributed by atoms with Gasteiger partial charge in [0, 0.05) is 32.7 Å². The van der Waals surface area contributed by atoms with Crippen molar-refractivity contribution < 1.29 is 4.79 Å². The fourth-order valence-corrected chi connectivity index (χ4v) is 2.30. The van der Waals surface area contributed by atoms with Gasteiger partial charge in [0.2, 0.25) is 5.91 Å². The Labute approximate surface area is 126 Å². The summed E-state index contributed by atoms with van der Waals surface area (Å²) in [6, 6.07) is 3.81. The summed E-state index contributed by atoms with van der Waals surface area (Å²) in [4.78, 5) is 20.6. The molecule has 0 spiro atoms. The van der Waals surface area contributed by atoms with Gasteiger partial charge in [0.05, 0.1) is 18.4 Å². The van der Waals surface area contributed by atoms with Crippen molar-refractivity contribution in [2.24, 2.45) is 5.92 Å². The number of rotatable bonds is 5. The lowest BCUT2D eigenvalue weighted by Crippen LogP contribution is -2.50. The van der Waals surface area contributed by atoms with Crippen molar-refractivity contribution in [3.63, 3.8) is 0 Å². The second kappa shape index (κ2) is 7.26. The maximum Gasteiger partial charge on any atom is 0.234 e. The Morgan fingerprint density at radius 2 is 2.05 bits per heavy atom. The minimum atomic E-state index is 0.114. The molecule has 0 saturated carbocycles. The molecule has 0 radical (unpaired) electrons. The summed E-state index contributed by atoms with van der Waals surface area (Å²) in [6.45, 7) is 8.94. The largest absolute Gasteiger partial charge is 0.397 e. The predicted octanol–water partition coefficient (Wildman–Crippen LogP) is 0.558. The van der Waals surface area contributed by atoms with Gasteiger partial charge in [-0.1, -0.05) is 13.8 Å². The number of nitrogen functional groups attached to an aromatic ring is 1. The van der Waals surface area contributed by atoms with E-state index in [0.29, 0.717) is 18.2 Å². The number of carbonyl (C=O) groups is 1. The quantitative estimate of drug-likeness (QED) is 0.829. The first-order valence-electron chi connectivity index (χ1n) is 7.50. The number of pyridine rings is 1. The molecular weight excluding hydrogens is 266 g/mol. The molecule has 1 fully saturated rings. The van der Waals surface area contributed by atoms with Gasteiger partial charge in [-0.25, -0.2) is 4.98 Å². The molecule has 1 aliphatic rings. The number of piperazine rings is 1. The fraction of sp³-hybridized carbons (Fsp3) is 0.600. The van der Waals surface area contributed by atoms with Crippen LogP contribution in [-0.2, 0) is 4.79 Å². The fourth-order valence-electron chi connectivity index (χ4n) is 2.30. The van der Waals surface area contributed by atoms with Crippen LogP contribution in [0.4, 0.5) is 11.5 Å². The van der Waals surface area contributed by atoms with E-state index in [9.17, 15) is 4.79 Å². The van der Waals surface area contributed by atoms with Gasteiger partial charge in [0.15, 0.2) is 0 Å². The van der Waals surface area contributed by atoms with Crippen LogP contribution in [0.15, 0.2) is 18.3 Å². The molecule has 0 aromatic carbocycles. The highest BCUT2D eigenvalue weighted by atomic mass is 16.2. The highest BCUT2D eigenvalue weighted by Crippen LogP contribution is 2.14. The van der Waals surface area contributed by atoms with Crippen LogP contribution in [0.25, 0.3) is 0 Å². The normalized spacial score (nSPS) is 16.2. The molecule has 2 rings (SSSR count). The van der Waals surface area contributed by atoms with E-state index in [1.165, 1.54) is 0 Å². The zero-order chi connectivity index (χ0) is 15.2. The highest BCUT2D eigenvalue weighted by molar-refractivity contribution is 5.78. The molecule has 1 aliphatic heterocycles. The maximum absolute atomic E-state index is 11.8. The molecule has 0 bridgehead atoms. The monoisotopic (exact) mass is 291 g/mol. The number of carbonyl (C=O) groups excluding carboxylic acids is 1. The number of nitrogens with two attached hydrogens (primary N) is 1. The lowest BCUT2D eigenvalue weighted by atomic mass is 10.2. The Morgan fingerprint density at radius 1 is 1.33 bits per heavy atom. The van der Waals surface area contributed by atoms with Crippen LogP contribution >= 0.6 is 0 Å². The zero-order valence-corrected chi connectivity index (χ0v) is 12.9. The molecule has 116 valence electrons. The van der Waals surface area contributed by atoms with Crippen molar-refractivity contribution in [2.45, 2.75) is 13.8 Å². The first-order chi connectivity index (χ1) is 10.0. The Kier molecular flexibility index (Phi) is 5.38. The van der Waals surface area contributed by atoms with Gasteiger partial charge in [-0.3, -0.25) is 9.69 Å². The van der Waals surface area contributed by atoms with Crippen molar-refractivity contribution in [3.05, 3.63) is 18.3 Å². The molecular formula is C15H25N5O. The molecule has 3 N–H and O–H groups in total. The van der Waals surface area contributed by atoms with E-state index in [4.69, 9.17) is 5.73 Å². The lowest BCUT2D eigenvalue weighted by Gasteiger charge is -2.35. The second-order valence-corrected chi connectivity index (χ2v) is 5.91. The molecule has 21 heavy (non-hydrogen) atoms. The van der Waals surface area contributed by atoms with Gasteiger partial charge in [-0.2, -0.15) is 0 Å². The van der Waals surface area contributed by atoms with Crippen LogP contribution in [0.5, 0.6) is 0 Å². The number of nitrogens with zero attached hydrogens (tertiary/aromatic N) is 3. The summed E-state index contributed by atoms with van der Waals surface area (Å²) in [7, 11) is 0. The van der Waals surface area contributed by atoms with Crippen LogP contribution in [-0.4, -0.2) is 55.1 Å². The van der Waals surface area contributed by atoms with Crippen LogP contribution in [0.3, 0.4) is 0 Å². The second-order valence-electron chi connectivity index (χ2n) is 5.91. The van der Waals surface area contributed by atoms with E-state index in [0.717, 1.165) is 38.5 Å². The van der Waals surface area contributed by atoms with Gasteiger partial charge >= 0.3 is 0 Å². The van der Waals surface area contributed by atoms with E-state index in [2.05, 4.69) is 33.9 Å². The van der Waals surface area contributed by atoms with E-state index in [1.807, 2.05) is 12.1 Å². The average Bonchev–Trinajstić information content (AvgIpc) is 2.47. The van der Waals surface area contributed by atoms with Gasteiger partial charge in [0.25, 0.3) is 0 Å². The maximum atomic E-state index is 11.8. The first kappa shape index (κ1) is 15.6. The minimum Gasteiger partial charge on any atom is -0.397 e. The first-order valence-corrected chi connectivity index (χ1v) is 7.50. The third-order valence-corrected chi connectivity index (χ3v) is 3.54. The third kappa shape index (κ3) is 4.90. The molecule has 0 unspecified atom stereocenters. The minimum absolute atomic E-state index is 0.114. The molecule has 1 saturated heterocycles. The van der Waals surface area contributed by atoms with Crippen LogP contribution < -0.4 is 16.0 Å².